The molecule has 7 heteroatoms. The fourth-order valence-electron chi connectivity index (χ4n) is 3.18. The summed E-state index contributed by atoms with van der Waals surface area (Å²) in [6.07, 6.45) is 0. The maximum absolute atomic E-state index is 13.5. The lowest BCUT2D eigenvalue weighted by molar-refractivity contribution is -0.140. The number of hydrogen-bond donors (Lipinski definition) is 1. The first kappa shape index (κ1) is 22.4. The van der Waals surface area contributed by atoms with Crippen LogP contribution in [0.15, 0.2) is 83.8 Å². The number of ether oxygens (including phenoxy) is 1. The number of carbonyl (C=O) groups is 1. The van der Waals surface area contributed by atoms with E-state index in [1.54, 1.807) is 43.3 Å². The quantitative estimate of drug-likeness (QED) is 0.502. The number of esters is 1. The number of sulfonamides is 1. The summed E-state index contributed by atoms with van der Waals surface area (Å²) in [4.78, 5) is 11.9. The molecule has 0 fully saturated rings. The third-order valence-electron chi connectivity index (χ3n) is 4.59. The lowest BCUT2D eigenvalue weighted by Crippen LogP contribution is -2.30. The van der Waals surface area contributed by atoms with Gasteiger partial charge in [0.05, 0.1) is 23.7 Å². The van der Waals surface area contributed by atoms with Crippen LogP contribution >= 0.6 is 0 Å². The molecular formula is C24H26N2O4S. The summed E-state index contributed by atoms with van der Waals surface area (Å²) in [5, 5.41) is 3.02. The maximum Gasteiger partial charge on any atom is 0.325 e. The predicted molar refractivity (Wildman–Crippen MR) is 123 cm³/mol. The summed E-state index contributed by atoms with van der Waals surface area (Å²) in [6.45, 7) is 4.12. The van der Waals surface area contributed by atoms with Crippen molar-refractivity contribution in [3.8, 4) is 0 Å². The Balaban J connectivity index is 2.00. The topological polar surface area (TPSA) is 75.7 Å². The Morgan fingerprint density at radius 1 is 0.968 bits per heavy atom. The second-order valence-electron chi connectivity index (χ2n) is 7.03. The number of nitrogens with one attached hydrogen (secondary N) is 1. The third kappa shape index (κ3) is 5.86. The fraction of sp³-hybridized carbons (Fsp3) is 0.208. The number of anilines is 2. The van der Waals surface area contributed by atoms with Crippen LogP contribution in [-0.2, 0) is 26.1 Å². The minimum Gasteiger partial charge on any atom is -0.465 e. The number of aryl methyl sites for hydroxylation is 1. The normalized spacial score (nSPS) is 11.0. The van der Waals surface area contributed by atoms with E-state index in [2.05, 4.69) is 5.32 Å². The van der Waals surface area contributed by atoms with Gasteiger partial charge in [0.15, 0.2) is 0 Å². The molecule has 0 aliphatic carbocycles. The van der Waals surface area contributed by atoms with Gasteiger partial charge in [-0.3, -0.25) is 9.10 Å². The van der Waals surface area contributed by atoms with E-state index in [0.717, 1.165) is 11.1 Å². The number of rotatable bonds is 9. The minimum atomic E-state index is -3.81. The average Bonchev–Trinajstić information content (AvgIpc) is 2.77. The van der Waals surface area contributed by atoms with Crippen LogP contribution in [0.1, 0.15) is 18.1 Å². The van der Waals surface area contributed by atoms with Gasteiger partial charge in [0, 0.05) is 5.69 Å². The second kappa shape index (κ2) is 10.1. The van der Waals surface area contributed by atoms with E-state index >= 15 is 0 Å². The van der Waals surface area contributed by atoms with Gasteiger partial charge in [-0.1, -0.05) is 48.5 Å². The highest BCUT2D eigenvalue weighted by molar-refractivity contribution is 7.92. The minimum absolute atomic E-state index is 0.000847. The number of benzene rings is 3. The Morgan fingerprint density at radius 3 is 2.26 bits per heavy atom. The zero-order valence-electron chi connectivity index (χ0n) is 17.6. The monoisotopic (exact) mass is 438 g/mol. The molecule has 0 saturated carbocycles. The lowest BCUT2D eigenvalue weighted by atomic mass is 10.1. The summed E-state index contributed by atoms with van der Waals surface area (Å²) in [7, 11) is -3.81. The van der Waals surface area contributed by atoms with Gasteiger partial charge in [-0.05, 0) is 55.3 Å². The second-order valence-corrected chi connectivity index (χ2v) is 8.89. The van der Waals surface area contributed by atoms with E-state index < -0.39 is 10.0 Å². The molecule has 0 bridgehead atoms. The van der Waals surface area contributed by atoms with Gasteiger partial charge in [-0.15, -0.1) is 0 Å². The molecule has 0 atom stereocenters. The van der Waals surface area contributed by atoms with Crippen LogP contribution in [-0.4, -0.2) is 27.5 Å². The molecule has 0 amide bonds. The average molecular weight is 439 g/mol. The molecule has 1 N–H and O–H groups in total. The molecule has 3 aromatic rings. The smallest absolute Gasteiger partial charge is 0.325 e. The highest BCUT2D eigenvalue weighted by Crippen LogP contribution is 2.29. The van der Waals surface area contributed by atoms with E-state index in [1.165, 1.54) is 4.31 Å². The Hall–Kier alpha value is -3.32. The molecule has 31 heavy (non-hydrogen) atoms. The number of hydrogen-bond acceptors (Lipinski definition) is 5. The Bertz CT molecular complexity index is 1120. The van der Waals surface area contributed by atoms with Crippen molar-refractivity contribution in [2.75, 3.05) is 22.8 Å². The largest absolute Gasteiger partial charge is 0.465 e. The van der Waals surface area contributed by atoms with Gasteiger partial charge in [0.2, 0.25) is 0 Å². The van der Waals surface area contributed by atoms with Crippen LogP contribution in [0, 0.1) is 6.92 Å². The Kier molecular flexibility index (Phi) is 7.31. The van der Waals surface area contributed by atoms with Crippen LogP contribution in [0.4, 0.5) is 11.4 Å². The van der Waals surface area contributed by atoms with Crippen LogP contribution < -0.4 is 9.62 Å². The van der Waals surface area contributed by atoms with Gasteiger partial charge in [0.1, 0.15) is 6.54 Å². The molecule has 0 heterocycles. The zero-order valence-corrected chi connectivity index (χ0v) is 18.4. The van der Waals surface area contributed by atoms with E-state index in [1.807, 2.05) is 49.4 Å². The molecule has 3 aromatic carbocycles. The summed E-state index contributed by atoms with van der Waals surface area (Å²) in [5.74, 6) is -0.372. The SMILES string of the molecule is CCOC(=O)CNc1cc(C)cc(N(Cc2ccccc2)S(=O)(=O)c2ccccc2)c1. The van der Waals surface area contributed by atoms with Gasteiger partial charge in [0.25, 0.3) is 10.0 Å². The van der Waals surface area contributed by atoms with Crippen LogP contribution in [0.5, 0.6) is 0 Å². The van der Waals surface area contributed by atoms with E-state index in [4.69, 9.17) is 4.74 Å². The van der Waals surface area contributed by atoms with Crippen LogP contribution in [0.25, 0.3) is 0 Å². The third-order valence-corrected chi connectivity index (χ3v) is 6.38. The predicted octanol–water partition coefficient (Wildman–Crippen LogP) is 4.37. The molecule has 0 unspecified atom stereocenters. The van der Waals surface area contributed by atoms with Crippen LogP contribution in [0.3, 0.4) is 0 Å². The Labute approximate surface area is 183 Å². The number of carbonyl (C=O) groups excluding carboxylic acids is 1. The van der Waals surface area contributed by atoms with E-state index in [-0.39, 0.29) is 24.0 Å². The zero-order chi connectivity index (χ0) is 22.3. The van der Waals surface area contributed by atoms with Crippen molar-refractivity contribution in [2.24, 2.45) is 0 Å². The molecule has 0 aliphatic rings. The molecule has 6 nitrogen and oxygen atoms in total. The van der Waals surface area contributed by atoms with Crippen molar-refractivity contribution in [3.05, 3.63) is 90.0 Å². The van der Waals surface area contributed by atoms with Gasteiger partial charge in [-0.2, -0.15) is 0 Å². The molecule has 0 spiro atoms. The molecule has 0 saturated heterocycles. The maximum atomic E-state index is 13.5. The first-order chi connectivity index (χ1) is 14.9. The first-order valence-corrected chi connectivity index (χ1v) is 11.5. The first-order valence-electron chi connectivity index (χ1n) is 10.0. The summed E-state index contributed by atoms with van der Waals surface area (Å²) in [6, 6.07) is 23.2. The van der Waals surface area contributed by atoms with Crippen molar-refractivity contribution in [1.82, 2.24) is 0 Å². The van der Waals surface area contributed by atoms with Crippen molar-refractivity contribution in [3.63, 3.8) is 0 Å². The molecule has 162 valence electrons. The van der Waals surface area contributed by atoms with Crippen LogP contribution in [0.2, 0.25) is 0 Å². The standard InChI is InChI=1S/C24H26N2O4S/c1-3-30-24(27)17-25-21-14-19(2)15-22(16-21)26(18-20-10-6-4-7-11-20)31(28,29)23-12-8-5-9-13-23/h4-16,25H,3,17-18H2,1-2H3. The molecule has 0 aromatic heterocycles. The Morgan fingerprint density at radius 2 is 1.61 bits per heavy atom. The highest BCUT2D eigenvalue weighted by Gasteiger charge is 2.25. The molecular weight excluding hydrogens is 412 g/mol. The van der Waals surface area contributed by atoms with Crippen molar-refractivity contribution in [1.29, 1.82) is 0 Å². The van der Waals surface area contributed by atoms with Gasteiger partial charge in [-0.25, -0.2) is 8.42 Å². The van der Waals surface area contributed by atoms with E-state index in [9.17, 15) is 13.2 Å². The van der Waals surface area contributed by atoms with Crippen molar-refractivity contribution in [2.45, 2.75) is 25.3 Å². The van der Waals surface area contributed by atoms with Gasteiger partial charge >= 0.3 is 5.97 Å². The summed E-state index contributed by atoms with van der Waals surface area (Å²) in [5.41, 5.74) is 2.89. The summed E-state index contributed by atoms with van der Waals surface area (Å²) < 4.78 is 33.4. The van der Waals surface area contributed by atoms with Crippen molar-refractivity contribution >= 4 is 27.4 Å². The molecule has 0 radical (unpaired) electrons. The number of nitrogens with zero attached hydrogens (tertiary/aromatic N) is 1. The van der Waals surface area contributed by atoms with Crippen molar-refractivity contribution < 1.29 is 17.9 Å². The molecule has 3 rings (SSSR count). The van der Waals surface area contributed by atoms with Gasteiger partial charge < -0.3 is 10.1 Å². The molecule has 0 aliphatic heterocycles. The summed E-state index contributed by atoms with van der Waals surface area (Å²) >= 11 is 0. The van der Waals surface area contributed by atoms with E-state index in [0.29, 0.717) is 18.0 Å². The highest BCUT2D eigenvalue weighted by atomic mass is 32.2. The lowest BCUT2D eigenvalue weighted by Gasteiger charge is -2.26. The fourth-order valence-corrected chi connectivity index (χ4v) is 4.64.